The normalized spacial score (nSPS) is 24.4. The summed E-state index contributed by atoms with van der Waals surface area (Å²) in [7, 11) is 0. The van der Waals surface area contributed by atoms with Gasteiger partial charge in [-0.25, -0.2) is 0 Å². The summed E-state index contributed by atoms with van der Waals surface area (Å²) in [6.07, 6.45) is 6.63. The highest BCUT2D eigenvalue weighted by Gasteiger charge is 2.26. The molecule has 1 aromatic heterocycles. The van der Waals surface area contributed by atoms with E-state index in [1.54, 1.807) is 0 Å². The predicted octanol–water partition coefficient (Wildman–Crippen LogP) is 2.37. The summed E-state index contributed by atoms with van der Waals surface area (Å²) in [5.74, 6) is 1.70. The fraction of sp³-hybridized carbons (Fsp3) is 0.769. The lowest BCUT2D eigenvalue weighted by Crippen LogP contribution is -2.26. The molecule has 1 aliphatic carbocycles. The molecule has 1 saturated carbocycles. The topological polar surface area (TPSA) is 38.1 Å². The summed E-state index contributed by atoms with van der Waals surface area (Å²) in [5, 5.41) is 13.7. The molecular formula is C13H22N2O. The molecule has 0 spiro atoms. The van der Waals surface area contributed by atoms with Gasteiger partial charge in [-0.2, -0.15) is 5.10 Å². The second kappa shape index (κ2) is 5.00. The van der Waals surface area contributed by atoms with Crippen LogP contribution in [0.1, 0.15) is 44.4 Å². The molecular weight excluding hydrogens is 200 g/mol. The minimum absolute atomic E-state index is 0.121. The number of aliphatic hydroxyl groups is 1. The first-order valence-corrected chi connectivity index (χ1v) is 6.39. The maximum atomic E-state index is 9.25. The molecule has 3 heteroatoms. The molecule has 0 bridgehead atoms. The third-order valence-corrected chi connectivity index (χ3v) is 3.59. The van der Waals surface area contributed by atoms with E-state index in [1.807, 2.05) is 6.20 Å². The van der Waals surface area contributed by atoms with Crippen molar-refractivity contribution in [1.82, 2.24) is 9.78 Å². The van der Waals surface area contributed by atoms with Crippen molar-refractivity contribution in [3.63, 3.8) is 0 Å². The van der Waals surface area contributed by atoms with Gasteiger partial charge < -0.3 is 5.11 Å². The van der Waals surface area contributed by atoms with E-state index < -0.39 is 0 Å². The third kappa shape index (κ3) is 2.29. The summed E-state index contributed by atoms with van der Waals surface area (Å²) in [5.41, 5.74) is 2.25. The highest BCUT2D eigenvalue weighted by Crippen LogP contribution is 2.34. The number of nitrogens with zero attached hydrogens (tertiary/aromatic N) is 2. The van der Waals surface area contributed by atoms with Crippen LogP contribution in [0.15, 0.2) is 6.20 Å². The average molecular weight is 222 g/mol. The van der Waals surface area contributed by atoms with Crippen molar-refractivity contribution in [2.75, 3.05) is 0 Å². The van der Waals surface area contributed by atoms with E-state index >= 15 is 0 Å². The monoisotopic (exact) mass is 222 g/mol. The Bertz CT molecular complexity index is 340. The van der Waals surface area contributed by atoms with Crippen molar-refractivity contribution < 1.29 is 5.11 Å². The van der Waals surface area contributed by atoms with E-state index in [4.69, 9.17) is 0 Å². The Kier molecular flexibility index (Phi) is 3.64. The van der Waals surface area contributed by atoms with Crippen LogP contribution < -0.4 is 0 Å². The highest BCUT2D eigenvalue weighted by molar-refractivity contribution is 5.17. The van der Waals surface area contributed by atoms with Crippen molar-refractivity contribution in [2.45, 2.75) is 52.7 Å². The van der Waals surface area contributed by atoms with E-state index in [-0.39, 0.29) is 6.61 Å². The first-order chi connectivity index (χ1) is 7.74. The van der Waals surface area contributed by atoms with Crippen molar-refractivity contribution in [3.05, 3.63) is 17.5 Å². The van der Waals surface area contributed by atoms with Crippen LogP contribution in [0.2, 0.25) is 0 Å². The highest BCUT2D eigenvalue weighted by atomic mass is 16.3. The molecule has 0 aliphatic heterocycles. The van der Waals surface area contributed by atoms with Gasteiger partial charge in [0.05, 0.1) is 12.8 Å². The van der Waals surface area contributed by atoms with Gasteiger partial charge in [-0.05, 0) is 31.1 Å². The van der Waals surface area contributed by atoms with Crippen molar-refractivity contribution >= 4 is 0 Å². The number of aliphatic hydroxyl groups excluding tert-OH is 1. The third-order valence-electron chi connectivity index (χ3n) is 3.59. The number of hydrogen-bond donors (Lipinski definition) is 1. The van der Waals surface area contributed by atoms with E-state index in [9.17, 15) is 5.11 Å². The molecule has 1 aliphatic rings. The molecule has 90 valence electrons. The van der Waals surface area contributed by atoms with E-state index in [0.717, 1.165) is 36.8 Å². The maximum Gasteiger partial charge on any atom is 0.0715 e. The lowest BCUT2D eigenvalue weighted by Gasteiger charge is -2.32. The lowest BCUT2D eigenvalue weighted by molar-refractivity contribution is 0.180. The Morgan fingerprint density at radius 2 is 2.25 bits per heavy atom. The zero-order valence-corrected chi connectivity index (χ0v) is 10.3. The van der Waals surface area contributed by atoms with Gasteiger partial charge in [-0.1, -0.05) is 20.3 Å². The molecule has 0 aromatic carbocycles. The van der Waals surface area contributed by atoms with Crippen molar-refractivity contribution in [1.29, 1.82) is 0 Å². The Balaban J connectivity index is 2.04. The second-order valence-corrected chi connectivity index (χ2v) is 5.15. The van der Waals surface area contributed by atoms with E-state index in [0.29, 0.717) is 0 Å². The van der Waals surface area contributed by atoms with Crippen LogP contribution in [0.3, 0.4) is 0 Å². The summed E-state index contributed by atoms with van der Waals surface area (Å²) >= 11 is 0. The van der Waals surface area contributed by atoms with Gasteiger partial charge in [0.15, 0.2) is 0 Å². The van der Waals surface area contributed by atoms with Crippen molar-refractivity contribution in [3.8, 4) is 0 Å². The SMILES string of the molecule is CCCc1c(CO)cnn1CC1CC(C)C1. The Hall–Kier alpha value is -0.830. The molecule has 0 atom stereocenters. The fourth-order valence-corrected chi connectivity index (χ4v) is 2.73. The summed E-state index contributed by atoms with van der Waals surface area (Å²) in [4.78, 5) is 0. The first-order valence-electron chi connectivity index (χ1n) is 6.39. The zero-order valence-electron chi connectivity index (χ0n) is 10.3. The minimum Gasteiger partial charge on any atom is -0.392 e. The van der Waals surface area contributed by atoms with E-state index in [1.165, 1.54) is 18.5 Å². The van der Waals surface area contributed by atoms with Crippen LogP contribution in [0, 0.1) is 11.8 Å². The fourth-order valence-electron chi connectivity index (χ4n) is 2.73. The molecule has 0 radical (unpaired) electrons. The van der Waals surface area contributed by atoms with Gasteiger partial charge in [0.1, 0.15) is 0 Å². The average Bonchev–Trinajstić information content (AvgIpc) is 2.60. The largest absolute Gasteiger partial charge is 0.392 e. The van der Waals surface area contributed by atoms with Crippen LogP contribution >= 0.6 is 0 Å². The van der Waals surface area contributed by atoms with Gasteiger partial charge in [-0.15, -0.1) is 0 Å². The van der Waals surface area contributed by atoms with Crippen LogP contribution in [0.25, 0.3) is 0 Å². The van der Waals surface area contributed by atoms with Gasteiger partial charge in [0.25, 0.3) is 0 Å². The number of hydrogen-bond acceptors (Lipinski definition) is 2. The summed E-state index contributed by atoms with van der Waals surface area (Å²) < 4.78 is 2.12. The van der Waals surface area contributed by atoms with Crippen LogP contribution in [-0.2, 0) is 19.6 Å². The van der Waals surface area contributed by atoms with Crippen molar-refractivity contribution in [2.24, 2.45) is 11.8 Å². The number of aromatic nitrogens is 2. The van der Waals surface area contributed by atoms with Gasteiger partial charge in [0, 0.05) is 17.8 Å². The summed E-state index contributed by atoms with van der Waals surface area (Å²) in [6, 6.07) is 0. The Morgan fingerprint density at radius 3 is 2.81 bits per heavy atom. The molecule has 0 amide bonds. The molecule has 3 nitrogen and oxygen atoms in total. The maximum absolute atomic E-state index is 9.25. The second-order valence-electron chi connectivity index (χ2n) is 5.15. The minimum atomic E-state index is 0.121. The summed E-state index contributed by atoms with van der Waals surface area (Å²) in [6.45, 7) is 5.64. The van der Waals surface area contributed by atoms with E-state index in [2.05, 4.69) is 23.6 Å². The van der Waals surface area contributed by atoms with Crippen LogP contribution in [-0.4, -0.2) is 14.9 Å². The standard InChI is InChI=1S/C13H22N2O/c1-3-4-13-12(9-16)7-14-15(13)8-11-5-10(2)6-11/h7,10-11,16H,3-6,8-9H2,1-2H3. The zero-order chi connectivity index (χ0) is 11.5. The molecule has 0 unspecified atom stereocenters. The molecule has 0 saturated heterocycles. The quantitative estimate of drug-likeness (QED) is 0.830. The predicted molar refractivity (Wildman–Crippen MR) is 64.0 cm³/mol. The molecule has 1 fully saturated rings. The molecule has 16 heavy (non-hydrogen) atoms. The molecule has 2 rings (SSSR count). The van der Waals surface area contributed by atoms with Gasteiger partial charge in [0.2, 0.25) is 0 Å². The Morgan fingerprint density at radius 1 is 1.50 bits per heavy atom. The lowest BCUT2D eigenvalue weighted by atomic mass is 9.76. The molecule has 1 aromatic rings. The Labute approximate surface area is 97.5 Å². The molecule has 1 heterocycles. The van der Waals surface area contributed by atoms with Gasteiger partial charge in [-0.3, -0.25) is 4.68 Å². The first kappa shape index (κ1) is 11.6. The number of rotatable bonds is 5. The molecule has 1 N–H and O–H groups in total. The smallest absolute Gasteiger partial charge is 0.0715 e. The van der Waals surface area contributed by atoms with Gasteiger partial charge >= 0.3 is 0 Å². The van der Waals surface area contributed by atoms with Crippen LogP contribution in [0.5, 0.6) is 0 Å². The van der Waals surface area contributed by atoms with Crippen LogP contribution in [0.4, 0.5) is 0 Å².